The van der Waals surface area contributed by atoms with Crippen LogP contribution in [0.5, 0.6) is 0 Å². The quantitative estimate of drug-likeness (QED) is 0.369. The zero-order valence-electron chi connectivity index (χ0n) is 9.07. The van der Waals surface area contributed by atoms with Crippen molar-refractivity contribution in [3.8, 4) is 11.5 Å². The summed E-state index contributed by atoms with van der Waals surface area (Å²) in [6, 6.07) is 0. The van der Waals surface area contributed by atoms with Crippen molar-refractivity contribution in [2.24, 2.45) is 0 Å². The summed E-state index contributed by atoms with van der Waals surface area (Å²) in [5.74, 6) is 3.28. The average molecular weight is 183 g/mol. The number of nitrogens with zero attached hydrogens (tertiary/aromatic N) is 1. The Bertz CT molecular complexity index is 174. The molecule has 0 radical (unpaired) electrons. The summed E-state index contributed by atoms with van der Waals surface area (Å²) in [6.07, 6.45) is 3.56. The Morgan fingerprint density at radius 1 is 1.25 bits per heavy atom. The van der Waals surface area contributed by atoms with E-state index in [0.717, 1.165) is 6.42 Å². The summed E-state index contributed by atoms with van der Waals surface area (Å²) in [6.45, 7) is 6.77. The predicted octanol–water partition coefficient (Wildman–Crippen LogP) is 2.49. The molecule has 0 aromatic rings. The van der Waals surface area contributed by atoms with Crippen molar-refractivity contribution in [1.82, 2.24) is 4.57 Å². The molecule has 0 bridgehead atoms. The van der Waals surface area contributed by atoms with Crippen LogP contribution in [0.4, 0.5) is 0 Å². The van der Waals surface area contributed by atoms with E-state index in [1.807, 2.05) is 0 Å². The molecule has 0 N–H and O–H groups in total. The highest BCUT2D eigenvalue weighted by Gasteiger charge is 2.20. The van der Waals surface area contributed by atoms with Gasteiger partial charge in [-0.05, 0) is 33.6 Å². The summed E-state index contributed by atoms with van der Waals surface area (Å²) in [5, 5.41) is 0. The third kappa shape index (κ3) is 4.58. The Morgan fingerprint density at radius 3 is 2.25 bits per heavy atom. The molecule has 0 fully saturated rings. The predicted molar refractivity (Wildman–Crippen MR) is 58.5 cm³/mol. The lowest BCUT2D eigenvalue weighted by Gasteiger charge is -2.23. The molecule has 0 unspecified atom stereocenters. The second kappa shape index (κ2) is 5.39. The largest absolute Gasteiger partial charge is 0.320 e. The van der Waals surface area contributed by atoms with Crippen LogP contribution in [0.25, 0.3) is 0 Å². The number of rotatable bonds is 3. The number of unbranched alkanes of at least 4 members (excludes halogenated alkanes) is 2. The summed E-state index contributed by atoms with van der Waals surface area (Å²) in [5.41, 5.74) is 3.41. The van der Waals surface area contributed by atoms with E-state index in [1.54, 1.807) is 0 Å². The lowest BCUT2D eigenvalue weighted by atomic mass is 10.3. The molecule has 0 saturated carbocycles. The van der Waals surface area contributed by atoms with Crippen LogP contribution in [0.15, 0.2) is 0 Å². The fraction of sp³-hybridized carbons (Fsp3) is 0.800. The van der Waals surface area contributed by atoms with Gasteiger partial charge in [0.25, 0.3) is 0 Å². The molecular weight excluding hydrogens is 162 g/mol. The molecule has 0 aromatic carbocycles. The highest BCUT2D eigenvalue weighted by atomic mass is 28.3. The van der Waals surface area contributed by atoms with Gasteiger partial charge >= 0.3 is 0 Å². The van der Waals surface area contributed by atoms with Crippen molar-refractivity contribution < 1.29 is 0 Å². The summed E-state index contributed by atoms with van der Waals surface area (Å²) in [4.78, 5) is 0. The molecule has 0 heterocycles. The Labute approximate surface area is 78.2 Å². The Kier molecular flexibility index (Phi) is 5.28. The van der Waals surface area contributed by atoms with E-state index in [9.17, 15) is 0 Å². The maximum absolute atomic E-state index is 3.41. The van der Waals surface area contributed by atoms with Crippen LogP contribution in [-0.2, 0) is 0 Å². The van der Waals surface area contributed by atoms with E-state index in [-0.39, 0.29) is 0 Å². The van der Waals surface area contributed by atoms with Crippen molar-refractivity contribution in [3.63, 3.8) is 0 Å². The van der Waals surface area contributed by atoms with Crippen molar-refractivity contribution in [3.05, 3.63) is 0 Å². The van der Waals surface area contributed by atoms with E-state index in [1.165, 1.54) is 12.8 Å². The normalized spacial score (nSPS) is 11.2. The standard InChI is InChI=1S/C10H21NSi/c1-6-7-8-9-10-12(4,5)11(2)3/h6-8H2,1-5H3. The van der Waals surface area contributed by atoms with Gasteiger partial charge in [-0.3, -0.25) is 0 Å². The molecule has 0 aliphatic rings. The Balaban J connectivity index is 3.92. The average Bonchev–Trinajstić information content (AvgIpc) is 1.98. The summed E-state index contributed by atoms with van der Waals surface area (Å²) < 4.78 is 2.28. The zero-order valence-corrected chi connectivity index (χ0v) is 10.1. The molecule has 1 nitrogen and oxygen atoms in total. The minimum atomic E-state index is -1.36. The molecule has 70 valence electrons. The minimum absolute atomic E-state index is 1.07. The molecule has 2 heteroatoms. The molecule has 0 spiro atoms. The number of hydrogen-bond donors (Lipinski definition) is 0. The molecule has 0 atom stereocenters. The van der Waals surface area contributed by atoms with Gasteiger partial charge in [-0.15, -0.1) is 11.5 Å². The second-order valence-electron chi connectivity index (χ2n) is 3.86. The van der Waals surface area contributed by atoms with Crippen LogP contribution in [0.2, 0.25) is 13.1 Å². The van der Waals surface area contributed by atoms with Crippen LogP contribution >= 0.6 is 0 Å². The topological polar surface area (TPSA) is 3.24 Å². The maximum Gasteiger partial charge on any atom is 0.204 e. The Morgan fingerprint density at radius 2 is 1.83 bits per heavy atom. The molecule has 0 rings (SSSR count). The number of hydrogen-bond acceptors (Lipinski definition) is 1. The third-order valence-electron chi connectivity index (χ3n) is 2.17. The van der Waals surface area contributed by atoms with E-state index < -0.39 is 8.24 Å². The van der Waals surface area contributed by atoms with E-state index in [2.05, 4.69) is 50.1 Å². The fourth-order valence-electron chi connectivity index (χ4n) is 0.656. The van der Waals surface area contributed by atoms with Crippen LogP contribution in [0, 0.1) is 11.5 Å². The third-order valence-corrected chi connectivity index (χ3v) is 5.19. The lowest BCUT2D eigenvalue weighted by molar-refractivity contribution is 0.635. The van der Waals surface area contributed by atoms with Gasteiger partial charge in [0.05, 0.1) is 0 Å². The van der Waals surface area contributed by atoms with Crippen molar-refractivity contribution in [2.75, 3.05) is 14.1 Å². The van der Waals surface area contributed by atoms with Gasteiger partial charge in [0.2, 0.25) is 8.24 Å². The Hall–Kier alpha value is -0.263. The second-order valence-corrected chi connectivity index (χ2v) is 8.12. The van der Waals surface area contributed by atoms with Crippen molar-refractivity contribution in [1.29, 1.82) is 0 Å². The first kappa shape index (κ1) is 11.7. The van der Waals surface area contributed by atoms with Crippen LogP contribution in [0.3, 0.4) is 0 Å². The van der Waals surface area contributed by atoms with Crippen LogP contribution < -0.4 is 0 Å². The van der Waals surface area contributed by atoms with Gasteiger partial charge in [0.1, 0.15) is 0 Å². The van der Waals surface area contributed by atoms with Gasteiger partial charge in [-0.2, -0.15) is 0 Å². The van der Waals surface area contributed by atoms with Gasteiger partial charge in [0.15, 0.2) is 0 Å². The first-order valence-electron chi connectivity index (χ1n) is 4.68. The molecule has 0 amide bonds. The van der Waals surface area contributed by atoms with E-state index >= 15 is 0 Å². The first-order valence-corrected chi connectivity index (χ1v) is 7.63. The molecular formula is C10H21NSi. The fourth-order valence-corrected chi connectivity index (χ4v) is 1.44. The van der Waals surface area contributed by atoms with Crippen LogP contribution in [0.1, 0.15) is 26.2 Å². The van der Waals surface area contributed by atoms with Gasteiger partial charge in [-0.25, -0.2) is 0 Å². The zero-order chi connectivity index (χ0) is 9.61. The first-order chi connectivity index (χ1) is 5.50. The van der Waals surface area contributed by atoms with Gasteiger partial charge in [0, 0.05) is 6.42 Å². The van der Waals surface area contributed by atoms with Gasteiger partial charge < -0.3 is 4.57 Å². The van der Waals surface area contributed by atoms with Crippen molar-refractivity contribution >= 4 is 8.24 Å². The molecule has 0 aliphatic carbocycles. The molecule has 12 heavy (non-hydrogen) atoms. The smallest absolute Gasteiger partial charge is 0.204 e. The molecule has 0 aromatic heterocycles. The summed E-state index contributed by atoms with van der Waals surface area (Å²) in [7, 11) is 2.89. The lowest BCUT2D eigenvalue weighted by Crippen LogP contribution is -2.42. The van der Waals surface area contributed by atoms with E-state index in [4.69, 9.17) is 0 Å². The monoisotopic (exact) mass is 183 g/mol. The SMILES string of the molecule is CCCCC#C[Si](C)(C)N(C)C. The van der Waals surface area contributed by atoms with Gasteiger partial charge in [-0.1, -0.05) is 13.3 Å². The maximum atomic E-state index is 3.41. The highest BCUT2D eigenvalue weighted by molar-refractivity contribution is 6.82. The summed E-state index contributed by atoms with van der Waals surface area (Å²) >= 11 is 0. The van der Waals surface area contributed by atoms with Crippen molar-refractivity contribution in [2.45, 2.75) is 39.3 Å². The van der Waals surface area contributed by atoms with E-state index in [0.29, 0.717) is 0 Å². The highest BCUT2D eigenvalue weighted by Crippen LogP contribution is 2.02. The minimum Gasteiger partial charge on any atom is -0.320 e. The van der Waals surface area contributed by atoms with Crippen LogP contribution in [-0.4, -0.2) is 26.9 Å². The molecule has 0 saturated heterocycles. The molecule has 0 aliphatic heterocycles.